The summed E-state index contributed by atoms with van der Waals surface area (Å²) in [6.07, 6.45) is 0.112. The van der Waals surface area contributed by atoms with Gasteiger partial charge in [0.05, 0.1) is 11.9 Å². The second kappa shape index (κ2) is 11.3. The van der Waals surface area contributed by atoms with Crippen LogP contribution in [-0.4, -0.2) is 46.5 Å². The van der Waals surface area contributed by atoms with Gasteiger partial charge in [0.25, 0.3) is 5.91 Å². The summed E-state index contributed by atoms with van der Waals surface area (Å²) in [5.74, 6) is -1.56. The van der Waals surface area contributed by atoms with Crippen LogP contribution in [0.1, 0.15) is 11.8 Å². The Labute approximate surface area is 219 Å². The SMILES string of the molecule is CC(=O)OCC1=C(P(=O)([O-])[O-])N2C(=O)[C@@H](NC(=O)Cc3cccs3)[C@H]2SC1.[Na+].[Na+]. The number of rotatable bonds is 6. The molecule has 14 heteroatoms. The van der Waals surface area contributed by atoms with Crippen LogP contribution < -0.4 is 74.2 Å². The molecule has 0 radical (unpaired) electrons. The minimum absolute atomic E-state index is 0. The van der Waals surface area contributed by atoms with E-state index in [1.165, 1.54) is 23.1 Å². The van der Waals surface area contributed by atoms with Crippen LogP contribution in [0.4, 0.5) is 0 Å². The predicted molar refractivity (Wildman–Crippen MR) is 94.3 cm³/mol. The quantitative estimate of drug-likeness (QED) is 0.185. The molecule has 2 amide bonds. The fourth-order valence-electron chi connectivity index (χ4n) is 2.83. The van der Waals surface area contributed by atoms with Gasteiger partial charge in [0.1, 0.15) is 18.0 Å². The first-order chi connectivity index (χ1) is 12.7. The van der Waals surface area contributed by atoms with Gasteiger partial charge in [-0.2, -0.15) is 0 Å². The summed E-state index contributed by atoms with van der Waals surface area (Å²) in [5.41, 5.74) is -0.585. The van der Waals surface area contributed by atoms with E-state index in [-0.39, 0.29) is 89.4 Å². The van der Waals surface area contributed by atoms with Crippen molar-refractivity contribution < 1.29 is 92.6 Å². The third-order valence-corrected chi connectivity index (χ3v) is 7.22. The molecule has 2 aliphatic rings. The Morgan fingerprint density at radius 2 is 2.07 bits per heavy atom. The van der Waals surface area contributed by atoms with Gasteiger partial charge in [-0.3, -0.25) is 19.3 Å². The second-order valence-electron chi connectivity index (χ2n) is 5.92. The first kappa shape index (κ1) is 27.4. The number of esters is 1. The Bertz CT molecular complexity index is 859. The van der Waals surface area contributed by atoms with Crippen molar-refractivity contribution in [2.45, 2.75) is 24.8 Å². The Hall–Kier alpha value is 0.350. The molecule has 0 spiro atoms. The molecule has 2 atom stereocenters. The van der Waals surface area contributed by atoms with Gasteiger partial charge in [-0.05, 0) is 19.0 Å². The molecular weight excluding hydrogens is 461 g/mol. The van der Waals surface area contributed by atoms with Crippen LogP contribution in [0, 0.1) is 0 Å². The van der Waals surface area contributed by atoms with Crippen LogP contribution in [0.5, 0.6) is 0 Å². The molecule has 1 fully saturated rings. The van der Waals surface area contributed by atoms with Crippen LogP contribution in [0.25, 0.3) is 0 Å². The summed E-state index contributed by atoms with van der Waals surface area (Å²) < 4.78 is 16.5. The summed E-state index contributed by atoms with van der Waals surface area (Å²) >= 11 is 2.61. The van der Waals surface area contributed by atoms with Crippen molar-refractivity contribution in [1.29, 1.82) is 0 Å². The minimum Gasteiger partial charge on any atom is -0.806 e. The van der Waals surface area contributed by atoms with Gasteiger partial charge in [0, 0.05) is 23.1 Å². The summed E-state index contributed by atoms with van der Waals surface area (Å²) in [4.78, 5) is 60.6. The first-order valence-corrected chi connectivity index (χ1v) is 11.3. The molecular formula is C15H15N2Na2O7PS2. The van der Waals surface area contributed by atoms with Crippen molar-refractivity contribution >= 4 is 48.5 Å². The Morgan fingerprint density at radius 3 is 2.62 bits per heavy atom. The molecule has 0 saturated carbocycles. The molecule has 1 aromatic heterocycles. The number of hydrogen-bond donors (Lipinski definition) is 1. The second-order valence-corrected chi connectivity index (χ2v) is 9.47. The number of nitrogens with one attached hydrogen (secondary N) is 1. The number of hydrogen-bond acceptors (Lipinski definition) is 9. The van der Waals surface area contributed by atoms with Crippen molar-refractivity contribution in [2.75, 3.05) is 12.4 Å². The smallest absolute Gasteiger partial charge is 0.806 e. The van der Waals surface area contributed by atoms with E-state index in [0.717, 1.165) is 16.7 Å². The topological polar surface area (TPSA) is 139 Å². The van der Waals surface area contributed by atoms with E-state index in [2.05, 4.69) is 5.32 Å². The van der Waals surface area contributed by atoms with Crippen molar-refractivity contribution in [1.82, 2.24) is 10.2 Å². The van der Waals surface area contributed by atoms with Crippen LogP contribution in [0.3, 0.4) is 0 Å². The number of fused-ring (bicyclic) bond motifs is 1. The third kappa shape index (κ3) is 6.43. The molecule has 0 unspecified atom stereocenters. The van der Waals surface area contributed by atoms with E-state index in [1.54, 1.807) is 6.07 Å². The van der Waals surface area contributed by atoms with E-state index in [1.807, 2.05) is 11.4 Å². The Balaban J connectivity index is 0.00000210. The number of carbonyl (C=O) groups is 3. The molecule has 2 aliphatic heterocycles. The average molecular weight is 476 g/mol. The van der Waals surface area contributed by atoms with Gasteiger partial charge in [0.15, 0.2) is 0 Å². The van der Waals surface area contributed by atoms with Crippen molar-refractivity contribution in [2.24, 2.45) is 0 Å². The van der Waals surface area contributed by atoms with E-state index >= 15 is 0 Å². The van der Waals surface area contributed by atoms with E-state index in [4.69, 9.17) is 4.74 Å². The number of β-lactam (4-membered cyclic amide) rings is 1. The molecule has 3 rings (SSSR count). The first-order valence-electron chi connectivity index (χ1n) is 7.83. The molecule has 146 valence electrons. The van der Waals surface area contributed by atoms with Crippen LogP contribution in [-0.2, 0) is 30.1 Å². The molecule has 1 saturated heterocycles. The van der Waals surface area contributed by atoms with E-state index < -0.39 is 36.3 Å². The van der Waals surface area contributed by atoms with E-state index in [0.29, 0.717) is 0 Å². The van der Waals surface area contributed by atoms with Crippen molar-refractivity contribution in [3.63, 3.8) is 0 Å². The van der Waals surface area contributed by atoms with Gasteiger partial charge in [-0.1, -0.05) is 6.07 Å². The minimum atomic E-state index is -5.27. The fourth-order valence-corrected chi connectivity index (χ4v) is 6.06. The molecule has 29 heavy (non-hydrogen) atoms. The maximum atomic E-state index is 12.4. The van der Waals surface area contributed by atoms with Crippen LogP contribution in [0.15, 0.2) is 28.5 Å². The number of thioether (sulfide) groups is 1. The normalized spacial score (nSPS) is 20.7. The molecule has 9 nitrogen and oxygen atoms in total. The fraction of sp³-hybridized carbons (Fsp3) is 0.400. The number of carbonyl (C=O) groups excluding carboxylic acids is 3. The average Bonchev–Trinajstić information content (AvgIpc) is 3.08. The molecule has 0 bridgehead atoms. The number of nitrogens with zero attached hydrogens (tertiary/aromatic N) is 1. The predicted octanol–water partition coefficient (Wildman–Crippen LogP) is -6.61. The standard InChI is InChI=1S/C15H17N2O7PS2.2Na/c1-8(18)24-6-9-7-27-15-12(13(20)17(15)14(9)25(21,22)23)16-11(19)5-10-3-2-4-26-10;;/h2-4,12,15H,5-7H2,1H3,(H,16,19)(H2,21,22,23);;/q;2*+1/p-2/t12-,15-;;/m1../s1. The summed E-state index contributed by atoms with van der Waals surface area (Å²) in [7, 11) is -5.27. The third-order valence-electron chi connectivity index (χ3n) is 3.96. The van der Waals surface area contributed by atoms with Gasteiger partial charge in [-0.15, -0.1) is 23.1 Å². The van der Waals surface area contributed by atoms with Crippen LogP contribution in [0.2, 0.25) is 0 Å². The van der Waals surface area contributed by atoms with Gasteiger partial charge in [-0.25, -0.2) is 0 Å². The zero-order valence-electron chi connectivity index (χ0n) is 16.1. The maximum absolute atomic E-state index is 12.4. The Morgan fingerprint density at radius 1 is 1.38 bits per heavy atom. The zero-order valence-corrected chi connectivity index (χ0v) is 22.6. The van der Waals surface area contributed by atoms with Gasteiger partial charge in [0.2, 0.25) is 5.91 Å². The van der Waals surface area contributed by atoms with Gasteiger partial charge >= 0.3 is 65.1 Å². The summed E-state index contributed by atoms with van der Waals surface area (Å²) in [6, 6.07) is 2.70. The van der Waals surface area contributed by atoms with Gasteiger partial charge < -0.3 is 24.4 Å². The van der Waals surface area contributed by atoms with E-state index in [9.17, 15) is 28.7 Å². The molecule has 3 heterocycles. The zero-order chi connectivity index (χ0) is 19.8. The number of amides is 2. The maximum Gasteiger partial charge on any atom is 1.00 e. The summed E-state index contributed by atoms with van der Waals surface area (Å²) in [5, 5.41) is 3.74. The van der Waals surface area contributed by atoms with Crippen LogP contribution >= 0.6 is 30.7 Å². The number of ether oxygens (including phenoxy) is 1. The largest absolute Gasteiger partial charge is 1.00 e. The molecule has 0 aromatic carbocycles. The molecule has 0 aliphatic carbocycles. The number of thiophene rings is 1. The van der Waals surface area contributed by atoms with Crippen molar-refractivity contribution in [3.8, 4) is 0 Å². The molecule has 1 aromatic rings. The Kier molecular flexibility index (Phi) is 10.7. The molecule has 1 N–H and O–H groups in total. The monoisotopic (exact) mass is 476 g/mol. The summed E-state index contributed by atoms with van der Waals surface area (Å²) in [6.45, 7) is 0.777. The van der Waals surface area contributed by atoms with Crippen molar-refractivity contribution in [3.05, 3.63) is 33.4 Å².